The van der Waals surface area contributed by atoms with Gasteiger partial charge in [0.25, 0.3) is 0 Å². The van der Waals surface area contributed by atoms with Gasteiger partial charge < -0.3 is 0 Å². The summed E-state index contributed by atoms with van der Waals surface area (Å²) in [5.74, 6) is 0.209. The average Bonchev–Trinajstić information content (AvgIpc) is 3.12. The summed E-state index contributed by atoms with van der Waals surface area (Å²) in [6.07, 6.45) is 0.760. The maximum Gasteiger partial charge on any atom is 0.238 e. The van der Waals surface area contributed by atoms with Crippen LogP contribution in [-0.2, 0) is 23.0 Å². The van der Waals surface area contributed by atoms with E-state index in [1.165, 1.54) is 16.8 Å². The Kier molecular flexibility index (Phi) is 7.27. The summed E-state index contributed by atoms with van der Waals surface area (Å²) in [6.45, 7) is 7.03. The van der Waals surface area contributed by atoms with E-state index in [4.69, 9.17) is 10.4 Å². The van der Waals surface area contributed by atoms with Gasteiger partial charge >= 0.3 is 0 Å². The van der Waals surface area contributed by atoms with Crippen LogP contribution in [0.2, 0.25) is 0 Å². The molecule has 1 aromatic heterocycles. The van der Waals surface area contributed by atoms with E-state index in [0.717, 1.165) is 11.6 Å². The smallest absolute Gasteiger partial charge is 0.238 e. The second kappa shape index (κ2) is 9.79. The van der Waals surface area contributed by atoms with Crippen LogP contribution in [0, 0.1) is 17.1 Å². The van der Waals surface area contributed by atoms with Crippen molar-refractivity contribution in [2.75, 3.05) is 6.54 Å². The van der Waals surface area contributed by atoms with Crippen LogP contribution in [0.5, 0.6) is 0 Å². The highest BCUT2D eigenvalue weighted by atomic mass is 32.2. The molecule has 33 heavy (non-hydrogen) atoms. The van der Waals surface area contributed by atoms with Crippen molar-refractivity contribution in [2.45, 2.75) is 50.6 Å². The van der Waals surface area contributed by atoms with E-state index in [-0.39, 0.29) is 16.1 Å². The second-order valence-electron chi connectivity index (χ2n) is 8.68. The molecular weight excluding hydrogens is 443 g/mol. The van der Waals surface area contributed by atoms with Crippen LogP contribution in [0.25, 0.3) is 5.69 Å². The normalized spacial score (nSPS) is 12.2. The van der Waals surface area contributed by atoms with Crippen molar-refractivity contribution in [3.05, 3.63) is 71.6 Å². The topological polar surface area (TPSA) is 118 Å². The fourth-order valence-corrected chi connectivity index (χ4v) is 3.91. The van der Waals surface area contributed by atoms with Crippen molar-refractivity contribution in [1.82, 2.24) is 19.7 Å². The Bertz CT molecular complexity index is 1260. The molecule has 2 aromatic carbocycles. The third-order valence-corrected chi connectivity index (χ3v) is 6.08. The van der Waals surface area contributed by atoms with E-state index < -0.39 is 15.8 Å². The maximum absolute atomic E-state index is 15.0. The van der Waals surface area contributed by atoms with Gasteiger partial charge in [-0.1, -0.05) is 30.3 Å². The third kappa shape index (κ3) is 6.22. The largest absolute Gasteiger partial charge is 0.290 e. The number of benzene rings is 2. The van der Waals surface area contributed by atoms with Crippen LogP contribution in [0.3, 0.4) is 0 Å². The number of nitriles is 1. The van der Waals surface area contributed by atoms with E-state index >= 15 is 0 Å². The Morgan fingerprint density at radius 1 is 1.18 bits per heavy atom. The summed E-state index contributed by atoms with van der Waals surface area (Å²) < 4.78 is 39.5. The lowest BCUT2D eigenvalue weighted by Gasteiger charge is -2.34. The van der Waals surface area contributed by atoms with Gasteiger partial charge in [-0.3, -0.25) is 4.90 Å². The summed E-state index contributed by atoms with van der Waals surface area (Å²) in [5, 5.41) is 18.7. The summed E-state index contributed by atoms with van der Waals surface area (Å²) in [5.41, 5.74) is 0.812. The molecule has 2 N–H and O–H groups in total. The molecule has 0 aliphatic carbocycles. The second-order valence-corrected chi connectivity index (χ2v) is 10.2. The lowest BCUT2D eigenvalue weighted by molar-refractivity contribution is 0.127. The molecule has 0 aliphatic heterocycles. The zero-order chi connectivity index (χ0) is 24.2. The van der Waals surface area contributed by atoms with Crippen molar-refractivity contribution in [1.29, 1.82) is 5.26 Å². The Morgan fingerprint density at radius 3 is 2.45 bits per heavy atom. The van der Waals surface area contributed by atoms with Crippen molar-refractivity contribution in [2.24, 2.45) is 5.14 Å². The summed E-state index contributed by atoms with van der Waals surface area (Å²) >= 11 is 0. The fourth-order valence-electron chi connectivity index (χ4n) is 3.39. The predicted molar refractivity (Wildman–Crippen MR) is 122 cm³/mol. The number of sulfonamides is 1. The number of nitrogens with two attached hydrogens (primary N) is 1. The Morgan fingerprint density at radius 2 is 1.88 bits per heavy atom. The average molecular weight is 471 g/mol. The highest BCUT2D eigenvalue weighted by molar-refractivity contribution is 7.89. The van der Waals surface area contributed by atoms with E-state index in [9.17, 15) is 12.8 Å². The first-order valence-corrected chi connectivity index (χ1v) is 12.0. The van der Waals surface area contributed by atoms with Crippen LogP contribution in [-0.4, -0.2) is 40.2 Å². The van der Waals surface area contributed by atoms with Crippen LogP contribution < -0.4 is 5.14 Å². The number of primary sulfonamides is 1. The highest BCUT2D eigenvalue weighted by Gasteiger charge is 2.24. The zero-order valence-corrected chi connectivity index (χ0v) is 19.7. The van der Waals surface area contributed by atoms with Crippen LogP contribution in [0.15, 0.2) is 53.4 Å². The van der Waals surface area contributed by atoms with Gasteiger partial charge in [0.1, 0.15) is 17.3 Å². The molecule has 0 unspecified atom stereocenters. The minimum atomic E-state index is -4.04. The minimum Gasteiger partial charge on any atom is -0.290 e. The molecule has 0 saturated carbocycles. The zero-order valence-electron chi connectivity index (χ0n) is 18.9. The van der Waals surface area contributed by atoms with Crippen LogP contribution in [0.1, 0.15) is 44.4 Å². The highest BCUT2D eigenvalue weighted by Crippen LogP contribution is 2.22. The number of rotatable bonds is 8. The predicted octanol–water partition coefficient (Wildman–Crippen LogP) is 3.16. The Hall–Kier alpha value is -3.13. The van der Waals surface area contributed by atoms with E-state index in [1.54, 1.807) is 0 Å². The number of hydrogen-bond donors (Lipinski definition) is 1. The number of aromatic nitrogens is 3. The van der Waals surface area contributed by atoms with Gasteiger partial charge in [-0.05, 0) is 44.5 Å². The van der Waals surface area contributed by atoms with Crippen molar-refractivity contribution in [3.8, 4) is 11.8 Å². The molecule has 0 radical (unpaired) electrons. The molecule has 0 aliphatic rings. The van der Waals surface area contributed by atoms with Crippen LogP contribution in [0.4, 0.5) is 4.39 Å². The first-order chi connectivity index (χ1) is 15.5. The molecule has 0 bridgehead atoms. The number of halogens is 1. The molecule has 1 heterocycles. The molecule has 10 heteroatoms. The molecule has 0 spiro atoms. The van der Waals surface area contributed by atoms with Gasteiger partial charge in [-0.2, -0.15) is 5.26 Å². The van der Waals surface area contributed by atoms with E-state index in [0.29, 0.717) is 37.6 Å². The van der Waals surface area contributed by atoms with Crippen molar-refractivity contribution >= 4 is 10.0 Å². The lowest BCUT2D eigenvalue weighted by Crippen LogP contribution is -2.41. The molecule has 0 atom stereocenters. The van der Waals surface area contributed by atoms with Crippen LogP contribution >= 0.6 is 0 Å². The standard InChI is InChI=1S/C23H27FN6O2S/c1-23(2,3)29(13-7-12-25)16-21-27-22(14-17-8-5-4-6-9-17)30(28-21)20-11-10-18(15-19(20)24)33(26,31)32/h4-6,8-11,15H,7,13-14,16H2,1-3H3,(H2,26,31,32). The quantitative estimate of drug-likeness (QED) is 0.540. The molecule has 0 amide bonds. The summed E-state index contributed by atoms with van der Waals surface area (Å²) in [7, 11) is -4.04. The molecule has 174 valence electrons. The van der Waals surface area contributed by atoms with Crippen molar-refractivity contribution in [3.63, 3.8) is 0 Å². The first kappa shape index (κ1) is 24.5. The van der Waals surface area contributed by atoms with Gasteiger partial charge in [-0.15, -0.1) is 5.10 Å². The first-order valence-electron chi connectivity index (χ1n) is 10.4. The lowest BCUT2D eigenvalue weighted by atomic mass is 10.1. The molecule has 8 nitrogen and oxygen atoms in total. The number of hydrogen-bond acceptors (Lipinski definition) is 6. The number of nitrogens with zero attached hydrogens (tertiary/aromatic N) is 5. The van der Waals surface area contributed by atoms with Gasteiger partial charge in [0.05, 0.1) is 17.5 Å². The third-order valence-electron chi connectivity index (χ3n) is 5.17. The van der Waals surface area contributed by atoms with E-state index in [2.05, 4.69) is 21.1 Å². The fraction of sp³-hybridized carbons (Fsp3) is 0.348. The van der Waals surface area contributed by atoms with E-state index in [1.807, 2.05) is 51.1 Å². The molecule has 3 aromatic rings. The Labute approximate surface area is 193 Å². The van der Waals surface area contributed by atoms with Gasteiger partial charge in [0.2, 0.25) is 10.0 Å². The Balaban J connectivity index is 2.05. The molecule has 0 saturated heterocycles. The van der Waals surface area contributed by atoms with Crippen molar-refractivity contribution < 1.29 is 12.8 Å². The summed E-state index contributed by atoms with van der Waals surface area (Å²) in [4.78, 5) is 6.44. The monoisotopic (exact) mass is 470 g/mol. The maximum atomic E-state index is 15.0. The SMILES string of the molecule is CC(C)(C)N(CCC#N)Cc1nc(Cc2ccccc2)n(-c2ccc(S(N)(=O)=O)cc2F)n1. The van der Waals surface area contributed by atoms with Gasteiger partial charge in [0, 0.05) is 24.9 Å². The van der Waals surface area contributed by atoms with Gasteiger partial charge in [-0.25, -0.2) is 27.6 Å². The van der Waals surface area contributed by atoms with Gasteiger partial charge in [0.15, 0.2) is 5.82 Å². The molecule has 0 fully saturated rings. The summed E-state index contributed by atoms with van der Waals surface area (Å²) in [6, 6.07) is 15.2. The minimum absolute atomic E-state index is 0.0754. The molecular formula is C23H27FN6O2S. The molecule has 3 rings (SSSR count).